The van der Waals surface area contributed by atoms with Crippen LogP contribution in [-0.4, -0.2) is 31.9 Å². The number of aromatic nitrogens is 3. The number of amides is 1. The number of nitrogens with one attached hydrogen (secondary N) is 1. The SMILES string of the molecule is CC(=NNC(=O)CSc1nc2ccccc2n1Cc1ccccc1Cl)c1ccncc1. The fraction of sp³-hybridized carbons (Fsp3) is 0.130. The van der Waals surface area contributed by atoms with Crippen LogP contribution in [-0.2, 0) is 11.3 Å². The average molecular weight is 450 g/mol. The summed E-state index contributed by atoms with van der Waals surface area (Å²) in [7, 11) is 0. The molecular weight excluding hydrogens is 430 g/mol. The standard InChI is InChI=1S/C23H20ClN5OS/c1-16(17-10-12-25-13-11-17)27-28-22(30)15-31-23-26-20-8-4-5-9-21(20)29(23)14-18-6-2-3-7-19(18)24/h2-13H,14-15H2,1H3,(H,28,30). The number of rotatable bonds is 7. The van der Waals surface area contributed by atoms with E-state index >= 15 is 0 Å². The topological polar surface area (TPSA) is 72.2 Å². The summed E-state index contributed by atoms with van der Waals surface area (Å²) in [5.41, 5.74) is 7.11. The third-order valence-corrected chi connectivity index (χ3v) is 6.03. The van der Waals surface area contributed by atoms with Gasteiger partial charge in [0.15, 0.2) is 5.16 Å². The zero-order valence-electron chi connectivity index (χ0n) is 16.8. The van der Waals surface area contributed by atoms with E-state index in [1.165, 1.54) is 11.8 Å². The maximum Gasteiger partial charge on any atom is 0.250 e. The van der Waals surface area contributed by atoms with Gasteiger partial charge >= 0.3 is 0 Å². The molecule has 8 heteroatoms. The molecule has 0 fully saturated rings. The van der Waals surface area contributed by atoms with Crippen molar-refractivity contribution in [3.63, 3.8) is 0 Å². The maximum absolute atomic E-state index is 12.4. The van der Waals surface area contributed by atoms with E-state index in [0.717, 1.165) is 27.3 Å². The summed E-state index contributed by atoms with van der Waals surface area (Å²) in [6, 6.07) is 19.3. The molecule has 2 aromatic carbocycles. The first-order chi connectivity index (χ1) is 15.1. The average Bonchev–Trinajstić information content (AvgIpc) is 3.15. The summed E-state index contributed by atoms with van der Waals surface area (Å²) in [5.74, 6) is -0.00588. The van der Waals surface area contributed by atoms with Gasteiger partial charge in [-0.05, 0) is 42.8 Å². The second-order valence-corrected chi connectivity index (χ2v) is 8.17. The molecule has 1 N–H and O–H groups in total. The minimum atomic E-state index is -0.199. The molecule has 0 radical (unpaired) electrons. The molecule has 0 saturated carbocycles. The highest BCUT2D eigenvalue weighted by Gasteiger charge is 2.14. The maximum atomic E-state index is 12.4. The van der Waals surface area contributed by atoms with Crippen LogP contribution in [0.4, 0.5) is 0 Å². The first kappa shape index (κ1) is 21.1. The Bertz CT molecular complexity index is 1240. The highest BCUT2D eigenvalue weighted by molar-refractivity contribution is 7.99. The number of carbonyl (C=O) groups excluding carboxylic acids is 1. The Morgan fingerprint density at radius 3 is 2.65 bits per heavy atom. The molecule has 0 spiro atoms. The summed E-state index contributed by atoms with van der Waals surface area (Å²) >= 11 is 7.74. The van der Waals surface area contributed by atoms with Crippen molar-refractivity contribution in [1.82, 2.24) is 20.0 Å². The third kappa shape index (κ3) is 5.13. The number of thioether (sulfide) groups is 1. The molecule has 156 valence electrons. The van der Waals surface area contributed by atoms with Crippen molar-refractivity contribution >= 4 is 46.0 Å². The molecule has 1 amide bonds. The number of hydrogen-bond acceptors (Lipinski definition) is 5. The van der Waals surface area contributed by atoms with E-state index in [0.29, 0.717) is 17.3 Å². The van der Waals surface area contributed by atoms with Gasteiger partial charge < -0.3 is 4.57 Å². The lowest BCUT2D eigenvalue weighted by molar-refractivity contribution is -0.118. The van der Waals surface area contributed by atoms with Crippen LogP contribution in [0.5, 0.6) is 0 Å². The molecular formula is C23H20ClN5OS. The Labute approximate surface area is 189 Å². The Morgan fingerprint density at radius 2 is 1.84 bits per heavy atom. The van der Waals surface area contributed by atoms with Crippen LogP contribution in [0.15, 0.2) is 83.3 Å². The van der Waals surface area contributed by atoms with Crippen LogP contribution in [0.25, 0.3) is 11.0 Å². The smallest absolute Gasteiger partial charge is 0.250 e. The van der Waals surface area contributed by atoms with Crippen LogP contribution in [0.1, 0.15) is 18.1 Å². The second kappa shape index (κ2) is 9.76. The van der Waals surface area contributed by atoms with Crippen molar-refractivity contribution in [1.29, 1.82) is 0 Å². The fourth-order valence-corrected chi connectivity index (χ4v) is 4.08. The molecule has 0 atom stereocenters. The normalized spacial score (nSPS) is 11.6. The molecule has 6 nitrogen and oxygen atoms in total. The van der Waals surface area contributed by atoms with Crippen LogP contribution in [0.2, 0.25) is 5.02 Å². The summed E-state index contributed by atoms with van der Waals surface area (Å²) < 4.78 is 2.08. The Kier molecular flexibility index (Phi) is 6.64. The number of hydrogen-bond donors (Lipinski definition) is 1. The van der Waals surface area contributed by atoms with Gasteiger partial charge in [-0.15, -0.1) is 0 Å². The molecule has 0 aliphatic carbocycles. The summed E-state index contributed by atoms with van der Waals surface area (Å²) in [5, 5.41) is 5.64. The number of imidazole rings is 1. The number of para-hydroxylation sites is 2. The van der Waals surface area contributed by atoms with E-state index in [9.17, 15) is 4.79 Å². The Hall–Kier alpha value is -3.16. The molecule has 31 heavy (non-hydrogen) atoms. The van der Waals surface area contributed by atoms with Gasteiger partial charge in [0.2, 0.25) is 0 Å². The highest BCUT2D eigenvalue weighted by Crippen LogP contribution is 2.27. The molecule has 0 bridgehead atoms. The molecule has 4 aromatic rings. The number of fused-ring (bicyclic) bond motifs is 1. The molecule has 2 heterocycles. The largest absolute Gasteiger partial charge is 0.314 e. The van der Waals surface area contributed by atoms with Crippen molar-refractivity contribution in [2.75, 3.05) is 5.75 Å². The van der Waals surface area contributed by atoms with Crippen molar-refractivity contribution < 1.29 is 4.79 Å². The predicted octanol–water partition coefficient (Wildman–Crippen LogP) is 4.77. The molecule has 0 aliphatic heterocycles. The predicted molar refractivity (Wildman–Crippen MR) is 126 cm³/mol. The quantitative estimate of drug-likeness (QED) is 0.251. The van der Waals surface area contributed by atoms with E-state index in [4.69, 9.17) is 16.6 Å². The van der Waals surface area contributed by atoms with E-state index in [1.54, 1.807) is 12.4 Å². The summed E-state index contributed by atoms with van der Waals surface area (Å²) in [6.45, 7) is 2.41. The molecule has 4 rings (SSSR count). The van der Waals surface area contributed by atoms with Gasteiger partial charge in [0, 0.05) is 23.0 Å². The van der Waals surface area contributed by atoms with Gasteiger partial charge in [0.25, 0.3) is 5.91 Å². The van der Waals surface area contributed by atoms with E-state index in [1.807, 2.05) is 67.6 Å². The molecule has 0 unspecified atom stereocenters. The molecule has 2 aromatic heterocycles. The Morgan fingerprint density at radius 1 is 1.10 bits per heavy atom. The van der Waals surface area contributed by atoms with Gasteiger partial charge in [-0.1, -0.05) is 53.7 Å². The van der Waals surface area contributed by atoms with Crippen LogP contribution in [0, 0.1) is 0 Å². The number of nitrogens with zero attached hydrogens (tertiary/aromatic N) is 4. The Balaban J connectivity index is 1.49. The fourth-order valence-electron chi connectivity index (χ4n) is 3.08. The van der Waals surface area contributed by atoms with Crippen molar-refractivity contribution in [3.8, 4) is 0 Å². The first-order valence-electron chi connectivity index (χ1n) is 9.67. The molecule has 0 aliphatic rings. The minimum Gasteiger partial charge on any atom is -0.314 e. The van der Waals surface area contributed by atoms with Gasteiger partial charge in [-0.2, -0.15) is 5.10 Å². The minimum absolute atomic E-state index is 0.193. The number of benzene rings is 2. The monoisotopic (exact) mass is 449 g/mol. The first-order valence-corrected chi connectivity index (χ1v) is 11.0. The second-order valence-electron chi connectivity index (χ2n) is 6.82. The van der Waals surface area contributed by atoms with Gasteiger partial charge in [-0.3, -0.25) is 9.78 Å². The van der Waals surface area contributed by atoms with Crippen molar-refractivity contribution in [2.45, 2.75) is 18.6 Å². The van der Waals surface area contributed by atoms with E-state index in [2.05, 4.69) is 20.1 Å². The van der Waals surface area contributed by atoms with Crippen molar-refractivity contribution in [2.24, 2.45) is 5.10 Å². The van der Waals surface area contributed by atoms with Crippen LogP contribution < -0.4 is 5.43 Å². The lowest BCUT2D eigenvalue weighted by atomic mass is 10.2. The van der Waals surface area contributed by atoms with E-state index in [-0.39, 0.29) is 11.7 Å². The number of halogens is 1. The summed E-state index contributed by atoms with van der Waals surface area (Å²) in [6.07, 6.45) is 3.38. The van der Waals surface area contributed by atoms with Crippen LogP contribution in [0.3, 0.4) is 0 Å². The van der Waals surface area contributed by atoms with Gasteiger partial charge in [-0.25, -0.2) is 10.4 Å². The van der Waals surface area contributed by atoms with Crippen molar-refractivity contribution in [3.05, 3.63) is 89.2 Å². The van der Waals surface area contributed by atoms with E-state index < -0.39 is 0 Å². The number of carbonyl (C=O) groups is 1. The zero-order chi connectivity index (χ0) is 21.6. The van der Waals surface area contributed by atoms with Gasteiger partial charge in [0.05, 0.1) is 29.0 Å². The third-order valence-electron chi connectivity index (χ3n) is 4.68. The lowest BCUT2D eigenvalue weighted by Crippen LogP contribution is -2.21. The summed E-state index contributed by atoms with van der Waals surface area (Å²) in [4.78, 5) is 21.1. The molecule has 0 saturated heterocycles. The van der Waals surface area contributed by atoms with Gasteiger partial charge in [0.1, 0.15) is 0 Å². The zero-order valence-corrected chi connectivity index (χ0v) is 18.4. The lowest BCUT2D eigenvalue weighted by Gasteiger charge is -2.10. The highest BCUT2D eigenvalue weighted by atomic mass is 35.5. The number of hydrazone groups is 1. The van der Waals surface area contributed by atoms with Crippen LogP contribution >= 0.6 is 23.4 Å². The number of pyridine rings is 1.